The van der Waals surface area contributed by atoms with Crippen LogP contribution in [0.1, 0.15) is 12.8 Å². The monoisotopic (exact) mass is 182 g/mol. The van der Waals surface area contributed by atoms with E-state index in [4.69, 9.17) is 0 Å². The Morgan fingerprint density at radius 2 is 1.85 bits per heavy atom. The van der Waals surface area contributed by atoms with E-state index in [-0.39, 0.29) is 0 Å². The SMILES string of the molecule is O=[C]/C=C\C(=O)CC(=O)CC(=O)[O-]. The highest BCUT2D eigenvalue weighted by atomic mass is 16.4. The summed E-state index contributed by atoms with van der Waals surface area (Å²) < 4.78 is 0. The highest BCUT2D eigenvalue weighted by Gasteiger charge is 2.06. The van der Waals surface area contributed by atoms with Gasteiger partial charge in [-0.15, -0.1) is 0 Å². The first kappa shape index (κ1) is 11.2. The molecule has 0 aromatic heterocycles. The molecule has 0 saturated carbocycles. The third kappa shape index (κ3) is 6.61. The molecule has 0 heterocycles. The van der Waals surface area contributed by atoms with Crippen LogP contribution in [0, 0.1) is 0 Å². The molecule has 0 atom stereocenters. The van der Waals surface area contributed by atoms with E-state index in [9.17, 15) is 24.3 Å². The van der Waals surface area contributed by atoms with E-state index in [0.29, 0.717) is 0 Å². The zero-order valence-corrected chi connectivity index (χ0v) is 6.61. The van der Waals surface area contributed by atoms with E-state index in [2.05, 4.69) is 0 Å². The lowest BCUT2D eigenvalue weighted by Gasteiger charge is -1.97. The van der Waals surface area contributed by atoms with Crippen molar-refractivity contribution in [3.8, 4) is 0 Å². The molecule has 0 rings (SSSR count). The topological polar surface area (TPSA) is 91.3 Å². The predicted octanol–water partition coefficient (Wildman–Crippen LogP) is -1.68. The van der Waals surface area contributed by atoms with Crippen molar-refractivity contribution in [1.29, 1.82) is 0 Å². The lowest BCUT2D eigenvalue weighted by molar-refractivity contribution is -0.304. The Balaban J connectivity index is 3.92. The molecule has 0 aliphatic rings. The Morgan fingerprint density at radius 1 is 1.23 bits per heavy atom. The van der Waals surface area contributed by atoms with E-state index in [1.807, 2.05) is 0 Å². The van der Waals surface area contributed by atoms with Gasteiger partial charge >= 0.3 is 0 Å². The highest BCUT2D eigenvalue weighted by Crippen LogP contribution is 1.91. The van der Waals surface area contributed by atoms with Crippen molar-refractivity contribution in [2.24, 2.45) is 0 Å². The van der Waals surface area contributed by atoms with Crippen molar-refractivity contribution in [2.75, 3.05) is 0 Å². The number of carbonyl (C=O) groups excluding carboxylic acids is 4. The molecule has 0 unspecified atom stereocenters. The molecule has 0 fully saturated rings. The number of allylic oxidation sites excluding steroid dienone is 2. The third-order valence-corrected chi connectivity index (χ3v) is 1.05. The van der Waals surface area contributed by atoms with E-state index >= 15 is 0 Å². The van der Waals surface area contributed by atoms with E-state index in [1.54, 1.807) is 0 Å². The maximum atomic E-state index is 10.7. The van der Waals surface area contributed by atoms with Crippen molar-refractivity contribution < 1.29 is 24.3 Å². The number of carboxylic acid groups (broad SMARTS) is 1. The Bertz CT molecular complexity index is 264. The average Bonchev–Trinajstić information content (AvgIpc) is 1.98. The van der Waals surface area contributed by atoms with Gasteiger partial charge in [-0.1, -0.05) is 0 Å². The van der Waals surface area contributed by atoms with Crippen molar-refractivity contribution in [3.63, 3.8) is 0 Å². The molecular weight excluding hydrogens is 176 g/mol. The zero-order chi connectivity index (χ0) is 10.3. The minimum Gasteiger partial charge on any atom is -0.550 e. The number of carboxylic acids is 1. The van der Waals surface area contributed by atoms with Crippen molar-refractivity contribution in [1.82, 2.24) is 0 Å². The average molecular weight is 182 g/mol. The van der Waals surface area contributed by atoms with Crippen LogP contribution < -0.4 is 5.11 Å². The molecule has 0 N–H and O–H groups in total. The molecule has 0 aliphatic heterocycles. The van der Waals surface area contributed by atoms with Gasteiger partial charge in [0.25, 0.3) is 0 Å². The van der Waals surface area contributed by atoms with Gasteiger partial charge in [0.2, 0.25) is 6.29 Å². The minimum atomic E-state index is -1.52. The maximum absolute atomic E-state index is 10.7. The number of aliphatic carboxylic acids is 1. The van der Waals surface area contributed by atoms with Crippen LogP contribution in [-0.2, 0) is 19.2 Å². The predicted molar refractivity (Wildman–Crippen MR) is 39.1 cm³/mol. The van der Waals surface area contributed by atoms with Crippen molar-refractivity contribution >= 4 is 23.8 Å². The van der Waals surface area contributed by atoms with Crippen LogP contribution in [-0.4, -0.2) is 23.8 Å². The van der Waals surface area contributed by atoms with Gasteiger partial charge < -0.3 is 9.90 Å². The van der Waals surface area contributed by atoms with Crippen LogP contribution in [0.4, 0.5) is 0 Å². The Hall–Kier alpha value is -1.78. The lowest BCUT2D eigenvalue weighted by atomic mass is 10.1. The summed E-state index contributed by atoms with van der Waals surface area (Å²) in [6, 6.07) is 0. The molecule has 13 heavy (non-hydrogen) atoms. The first-order chi connectivity index (χ1) is 6.06. The molecular formula is C8H6O5-. The Labute approximate surface area is 74.0 Å². The second-order valence-electron chi connectivity index (χ2n) is 2.18. The molecule has 0 saturated heterocycles. The number of ketones is 2. The van der Waals surface area contributed by atoms with Crippen LogP contribution in [0.5, 0.6) is 0 Å². The Kier molecular flexibility index (Phi) is 5.02. The van der Waals surface area contributed by atoms with Crippen molar-refractivity contribution in [2.45, 2.75) is 12.8 Å². The molecule has 0 spiro atoms. The van der Waals surface area contributed by atoms with Crippen LogP contribution in [0.3, 0.4) is 0 Å². The Morgan fingerprint density at radius 3 is 2.31 bits per heavy atom. The smallest absolute Gasteiger partial charge is 0.225 e. The summed E-state index contributed by atoms with van der Waals surface area (Å²) in [4.78, 5) is 40.8. The summed E-state index contributed by atoms with van der Waals surface area (Å²) >= 11 is 0. The molecule has 69 valence electrons. The van der Waals surface area contributed by atoms with Gasteiger partial charge in [0.1, 0.15) is 5.78 Å². The maximum Gasteiger partial charge on any atom is 0.225 e. The molecule has 1 radical (unpaired) electrons. The molecule has 0 amide bonds. The first-order valence-corrected chi connectivity index (χ1v) is 3.35. The quantitative estimate of drug-likeness (QED) is 0.361. The van der Waals surface area contributed by atoms with Gasteiger partial charge in [-0.25, -0.2) is 0 Å². The summed E-state index contributed by atoms with van der Waals surface area (Å²) in [5.41, 5.74) is 0. The van der Waals surface area contributed by atoms with Gasteiger partial charge in [-0.05, 0) is 12.2 Å². The summed E-state index contributed by atoms with van der Waals surface area (Å²) in [5.74, 6) is -2.90. The minimum absolute atomic E-state index is 0.536. The molecule has 0 bridgehead atoms. The molecule has 0 aromatic rings. The fourth-order valence-corrected chi connectivity index (χ4v) is 0.604. The molecule has 0 aliphatic carbocycles. The normalized spacial score (nSPS) is 9.85. The number of rotatable bonds is 6. The fourth-order valence-electron chi connectivity index (χ4n) is 0.604. The zero-order valence-electron chi connectivity index (χ0n) is 6.61. The largest absolute Gasteiger partial charge is 0.550 e. The second-order valence-corrected chi connectivity index (χ2v) is 2.18. The van der Waals surface area contributed by atoms with Crippen LogP contribution in [0.15, 0.2) is 12.2 Å². The van der Waals surface area contributed by atoms with Crippen molar-refractivity contribution in [3.05, 3.63) is 12.2 Å². The van der Waals surface area contributed by atoms with E-state index in [0.717, 1.165) is 12.2 Å². The van der Waals surface area contributed by atoms with Gasteiger partial charge in [-0.3, -0.25) is 14.4 Å². The van der Waals surface area contributed by atoms with Gasteiger partial charge in [0.05, 0.1) is 6.42 Å². The van der Waals surface area contributed by atoms with E-state index in [1.165, 1.54) is 6.29 Å². The van der Waals surface area contributed by atoms with Crippen LogP contribution in [0.2, 0.25) is 0 Å². The molecule has 5 nitrogen and oxygen atoms in total. The van der Waals surface area contributed by atoms with E-state index < -0.39 is 30.4 Å². The number of hydrogen-bond donors (Lipinski definition) is 0. The second kappa shape index (κ2) is 5.82. The number of Topliss-reactive ketones (excluding diaryl/α,β-unsaturated/α-hetero) is 1. The van der Waals surface area contributed by atoms with Gasteiger partial charge in [0, 0.05) is 12.4 Å². The summed E-state index contributed by atoms with van der Waals surface area (Å²) in [5, 5.41) is 9.88. The van der Waals surface area contributed by atoms with Gasteiger partial charge in [-0.2, -0.15) is 0 Å². The number of hydrogen-bond acceptors (Lipinski definition) is 5. The fraction of sp³-hybridized carbons (Fsp3) is 0.250. The standard InChI is InChI=1S/C8H7O5/c9-3-1-2-6(10)4-7(11)5-8(12)13/h1-2H,4-5H2,(H,12,13)/p-1/b2-1-. The molecule has 0 aromatic carbocycles. The number of carbonyl (C=O) groups is 3. The van der Waals surface area contributed by atoms with Crippen LogP contribution >= 0.6 is 0 Å². The summed E-state index contributed by atoms with van der Waals surface area (Å²) in [7, 11) is 0. The van der Waals surface area contributed by atoms with Crippen LogP contribution in [0.25, 0.3) is 0 Å². The summed E-state index contributed by atoms with van der Waals surface area (Å²) in [6.45, 7) is 0. The third-order valence-electron chi connectivity index (χ3n) is 1.05. The molecule has 5 heteroatoms. The first-order valence-electron chi connectivity index (χ1n) is 3.35. The lowest BCUT2D eigenvalue weighted by Crippen LogP contribution is -2.25. The highest BCUT2D eigenvalue weighted by molar-refractivity contribution is 6.09. The summed E-state index contributed by atoms with van der Waals surface area (Å²) in [6.07, 6.45) is 1.67. The van der Waals surface area contributed by atoms with Gasteiger partial charge in [0.15, 0.2) is 5.78 Å².